The molecule has 19 heavy (non-hydrogen) atoms. The van der Waals surface area contributed by atoms with Crippen LogP contribution in [0.3, 0.4) is 0 Å². The minimum absolute atomic E-state index is 0.570. The first-order chi connectivity index (χ1) is 9.25. The summed E-state index contributed by atoms with van der Waals surface area (Å²) >= 11 is 0. The number of para-hydroxylation sites is 1. The fraction of sp³-hybridized carbons (Fsp3) is 0.200. The zero-order chi connectivity index (χ0) is 13.2. The number of benzene rings is 1. The molecule has 0 aliphatic carbocycles. The molecule has 4 heteroatoms. The van der Waals surface area contributed by atoms with Gasteiger partial charge in [-0.05, 0) is 30.7 Å². The fourth-order valence-electron chi connectivity index (χ4n) is 2.31. The Bertz CT molecular complexity index is 701. The highest BCUT2D eigenvalue weighted by Crippen LogP contribution is 2.21. The van der Waals surface area contributed by atoms with E-state index in [1.54, 1.807) is 0 Å². The summed E-state index contributed by atoms with van der Waals surface area (Å²) in [5, 5.41) is 0. The number of rotatable bonds is 3. The van der Waals surface area contributed by atoms with Gasteiger partial charge in [0, 0.05) is 24.9 Å². The number of aromatic nitrogens is 3. The van der Waals surface area contributed by atoms with Crippen molar-refractivity contribution in [2.45, 2.75) is 19.9 Å². The number of anilines is 1. The predicted octanol–water partition coefficient (Wildman–Crippen LogP) is 2.56. The number of nitrogens with two attached hydrogens (primary N) is 1. The Morgan fingerprint density at radius 2 is 2.05 bits per heavy atom. The number of hydrogen-bond acceptors (Lipinski definition) is 3. The molecule has 0 aliphatic heterocycles. The van der Waals surface area contributed by atoms with E-state index in [1.165, 1.54) is 0 Å². The van der Waals surface area contributed by atoms with Crippen molar-refractivity contribution in [1.29, 1.82) is 0 Å². The number of aryl methyl sites for hydroxylation is 3. The maximum absolute atomic E-state index is 6.02. The largest absolute Gasteiger partial charge is 0.369 e. The first-order valence-corrected chi connectivity index (χ1v) is 6.37. The van der Waals surface area contributed by atoms with Gasteiger partial charge in [-0.2, -0.15) is 0 Å². The van der Waals surface area contributed by atoms with E-state index in [0.717, 1.165) is 35.3 Å². The number of nitrogen functional groups attached to an aromatic ring is 1. The molecule has 2 heterocycles. The van der Waals surface area contributed by atoms with Crippen LogP contribution >= 0.6 is 0 Å². The van der Waals surface area contributed by atoms with E-state index in [-0.39, 0.29) is 0 Å². The number of imidazole rings is 1. The van der Waals surface area contributed by atoms with Gasteiger partial charge in [0.1, 0.15) is 0 Å². The van der Waals surface area contributed by atoms with E-state index >= 15 is 0 Å². The summed E-state index contributed by atoms with van der Waals surface area (Å²) in [4.78, 5) is 8.78. The maximum atomic E-state index is 6.02. The van der Waals surface area contributed by atoms with E-state index in [2.05, 4.69) is 33.6 Å². The summed E-state index contributed by atoms with van der Waals surface area (Å²) in [7, 11) is 0. The molecule has 0 unspecified atom stereocenters. The van der Waals surface area contributed by atoms with Crippen molar-refractivity contribution in [2.75, 3.05) is 5.73 Å². The molecule has 0 fully saturated rings. The third-order valence-corrected chi connectivity index (χ3v) is 3.33. The Labute approximate surface area is 111 Å². The monoisotopic (exact) mass is 252 g/mol. The van der Waals surface area contributed by atoms with Crippen molar-refractivity contribution in [2.24, 2.45) is 0 Å². The summed E-state index contributed by atoms with van der Waals surface area (Å²) in [5.41, 5.74) is 10.3. The molecule has 2 N–H and O–H groups in total. The summed E-state index contributed by atoms with van der Waals surface area (Å²) < 4.78 is 2.05. The van der Waals surface area contributed by atoms with E-state index in [4.69, 9.17) is 5.73 Å². The first kappa shape index (κ1) is 11.7. The van der Waals surface area contributed by atoms with Crippen LogP contribution in [0.5, 0.6) is 0 Å². The number of nitrogens with zero attached hydrogens (tertiary/aromatic N) is 3. The van der Waals surface area contributed by atoms with Crippen LogP contribution in [0.2, 0.25) is 0 Å². The molecule has 2 aromatic heterocycles. The van der Waals surface area contributed by atoms with Crippen LogP contribution < -0.4 is 5.73 Å². The molecule has 0 amide bonds. The Kier molecular flexibility index (Phi) is 2.91. The van der Waals surface area contributed by atoms with Crippen molar-refractivity contribution in [3.8, 4) is 0 Å². The molecule has 3 aromatic rings. The summed E-state index contributed by atoms with van der Waals surface area (Å²) in [6.07, 6.45) is 2.67. The molecule has 0 saturated carbocycles. The first-order valence-electron chi connectivity index (χ1n) is 6.37. The van der Waals surface area contributed by atoms with E-state index in [1.807, 2.05) is 30.5 Å². The van der Waals surface area contributed by atoms with Crippen LogP contribution in [0.4, 0.5) is 5.95 Å². The SMILES string of the molecule is Cc1cccc2c1nc(N)n2CCc1ccccn1. The Balaban J connectivity index is 1.93. The molecule has 0 bridgehead atoms. The summed E-state index contributed by atoms with van der Waals surface area (Å²) in [5.74, 6) is 0.570. The fourth-order valence-corrected chi connectivity index (χ4v) is 2.31. The third kappa shape index (κ3) is 2.17. The van der Waals surface area contributed by atoms with Crippen LogP contribution in [0.1, 0.15) is 11.3 Å². The minimum Gasteiger partial charge on any atom is -0.369 e. The standard InChI is InChI=1S/C15H16N4/c1-11-5-4-7-13-14(11)18-15(16)19(13)10-8-12-6-2-3-9-17-12/h2-7,9H,8,10H2,1H3,(H2,16,18). The Hall–Kier alpha value is -2.36. The van der Waals surface area contributed by atoms with Gasteiger partial charge in [-0.15, -0.1) is 0 Å². The number of pyridine rings is 1. The van der Waals surface area contributed by atoms with Crippen molar-refractivity contribution < 1.29 is 0 Å². The second kappa shape index (κ2) is 4.72. The van der Waals surface area contributed by atoms with Crippen molar-refractivity contribution in [1.82, 2.24) is 14.5 Å². The second-order valence-corrected chi connectivity index (χ2v) is 4.64. The highest BCUT2D eigenvalue weighted by atomic mass is 15.1. The lowest BCUT2D eigenvalue weighted by Gasteiger charge is -2.06. The lowest BCUT2D eigenvalue weighted by Crippen LogP contribution is -2.06. The van der Waals surface area contributed by atoms with Gasteiger partial charge in [-0.25, -0.2) is 4.98 Å². The van der Waals surface area contributed by atoms with Crippen LogP contribution in [0, 0.1) is 6.92 Å². The average Bonchev–Trinajstić information content (AvgIpc) is 2.75. The number of fused-ring (bicyclic) bond motifs is 1. The average molecular weight is 252 g/mol. The molecule has 0 atom stereocenters. The normalized spacial score (nSPS) is 11.0. The molecule has 3 rings (SSSR count). The quantitative estimate of drug-likeness (QED) is 0.779. The molecule has 4 nitrogen and oxygen atoms in total. The lowest BCUT2D eigenvalue weighted by molar-refractivity contribution is 0.713. The molecular formula is C15H16N4. The van der Waals surface area contributed by atoms with Gasteiger partial charge in [0.2, 0.25) is 5.95 Å². The van der Waals surface area contributed by atoms with Crippen molar-refractivity contribution >= 4 is 17.0 Å². The van der Waals surface area contributed by atoms with Gasteiger partial charge >= 0.3 is 0 Å². The van der Waals surface area contributed by atoms with E-state index in [9.17, 15) is 0 Å². The topological polar surface area (TPSA) is 56.7 Å². The molecule has 0 aliphatic rings. The molecular weight excluding hydrogens is 236 g/mol. The maximum Gasteiger partial charge on any atom is 0.201 e. The molecule has 0 saturated heterocycles. The molecule has 96 valence electrons. The highest BCUT2D eigenvalue weighted by Gasteiger charge is 2.09. The molecule has 1 aromatic carbocycles. The van der Waals surface area contributed by atoms with Crippen molar-refractivity contribution in [3.05, 3.63) is 53.9 Å². The van der Waals surface area contributed by atoms with Gasteiger partial charge in [0.15, 0.2) is 0 Å². The van der Waals surface area contributed by atoms with Crippen LogP contribution in [-0.2, 0) is 13.0 Å². The van der Waals surface area contributed by atoms with Crippen LogP contribution in [-0.4, -0.2) is 14.5 Å². The van der Waals surface area contributed by atoms with Gasteiger partial charge < -0.3 is 10.3 Å². The Morgan fingerprint density at radius 1 is 1.16 bits per heavy atom. The van der Waals surface area contributed by atoms with Crippen LogP contribution in [0.25, 0.3) is 11.0 Å². The Morgan fingerprint density at radius 3 is 2.84 bits per heavy atom. The number of hydrogen-bond donors (Lipinski definition) is 1. The van der Waals surface area contributed by atoms with Gasteiger partial charge in [-0.3, -0.25) is 4.98 Å². The highest BCUT2D eigenvalue weighted by molar-refractivity contribution is 5.81. The van der Waals surface area contributed by atoms with E-state index in [0.29, 0.717) is 5.95 Å². The smallest absolute Gasteiger partial charge is 0.201 e. The molecule has 0 spiro atoms. The van der Waals surface area contributed by atoms with Gasteiger partial charge in [0.05, 0.1) is 11.0 Å². The molecule has 0 radical (unpaired) electrons. The van der Waals surface area contributed by atoms with E-state index < -0.39 is 0 Å². The van der Waals surface area contributed by atoms with Gasteiger partial charge in [-0.1, -0.05) is 18.2 Å². The lowest BCUT2D eigenvalue weighted by atomic mass is 10.2. The summed E-state index contributed by atoms with van der Waals surface area (Å²) in [6, 6.07) is 12.1. The second-order valence-electron chi connectivity index (χ2n) is 4.64. The predicted molar refractivity (Wildman–Crippen MR) is 76.8 cm³/mol. The zero-order valence-corrected chi connectivity index (χ0v) is 10.9. The zero-order valence-electron chi connectivity index (χ0n) is 10.9. The summed E-state index contributed by atoms with van der Waals surface area (Å²) in [6.45, 7) is 2.85. The van der Waals surface area contributed by atoms with Crippen LogP contribution in [0.15, 0.2) is 42.6 Å². The third-order valence-electron chi connectivity index (χ3n) is 3.33. The minimum atomic E-state index is 0.570. The van der Waals surface area contributed by atoms with Crippen molar-refractivity contribution in [3.63, 3.8) is 0 Å². The van der Waals surface area contributed by atoms with Gasteiger partial charge in [0.25, 0.3) is 0 Å².